The second-order valence-electron chi connectivity index (χ2n) is 4.28. The van der Waals surface area contributed by atoms with E-state index in [9.17, 15) is 9.59 Å². The van der Waals surface area contributed by atoms with E-state index in [0.717, 1.165) is 0 Å². The van der Waals surface area contributed by atoms with E-state index in [4.69, 9.17) is 16.3 Å². The van der Waals surface area contributed by atoms with Crippen LogP contribution in [0.5, 0.6) is 0 Å². The highest BCUT2D eigenvalue weighted by molar-refractivity contribution is 6.30. The molecule has 3 nitrogen and oxygen atoms in total. The number of ketones is 1. The van der Waals surface area contributed by atoms with E-state index < -0.39 is 12.1 Å². The number of esters is 1. The van der Waals surface area contributed by atoms with Crippen molar-refractivity contribution in [1.82, 2.24) is 0 Å². The van der Waals surface area contributed by atoms with Crippen molar-refractivity contribution in [2.75, 3.05) is 0 Å². The van der Waals surface area contributed by atoms with Crippen LogP contribution in [0.3, 0.4) is 0 Å². The molecule has 0 aliphatic rings. The zero-order valence-electron chi connectivity index (χ0n) is 10.9. The molecule has 0 aromatic heterocycles. The summed E-state index contributed by atoms with van der Waals surface area (Å²) in [6.07, 6.45) is -0.844. The van der Waals surface area contributed by atoms with Gasteiger partial charge in [0.2, 0.25) is 5.78 Å². The Morgan fingerprint density at radius 1 is 0.950 bits per heavy atom. The molecule has 102 valence electrons. The van der Waals surface area contributed by atoms with E-state index >= 15 is 0 Å². The first kappa shape index (κ1) is 14.3. The molecule has 1 atom stereocenters. The van der Waals surface area contributed by atoms with Gasteiger partial charge in [0, 0.05) is 10.6 Å². The fraction of sp³-hybridized carbons (Fsp3) is 0.125. The molecule has 0 heterocycles. The van der Waals surface area contributed by atoms with Gasteiger partial charge in [-0.1, -0.05) is 29.8 Å². The zero-order valence-corrected chi connectivity index (χ0v) is 11.6. The first-order valence-electron chi connectivity index (χ1n) is 6.14. The molecule has 0 unspecified atom stereocenters. The van der Waals surface area contributed by atoms with E-state index in [1.165, 1.54) is 0 Å². The molecular weight excluding hydrogens is 276 g/mol. The predicted molar refractivity (Wildman–Crippen MR) is 77.1 cm³/mol. The smallest absolute Gasteiger partial charge is 0.338 e. The van der Waals surface area contributed by atoms with Crippen LogP contribution >= 0.6 is 11.6 Å². The molecular formula is C16H13ClO3. The quantitative estimate of drug-likeness (QED) is 0.635. The van der Waals surface area contributed by atoms with Crippen LogP contribution in [0.15, 0.2) is 54.6 Å². The van der Waals surface area contributed by atoms with Crippen LogP contribution in [-0.2, 0) is 4.74 Å². The van der Waals surface area contributed by atoms with E-state index in [0.29, 0.717) is 16.1 Å². The number of benzene rings is 2. The molecule has 0 aliphatic carbocycles. The molecule has 0 amide bonds. The van der Waals surface area contributed by atoms with Crippen LogP contribution in [0, 0.1) is 0 Å². The molecule has 0 saturated carbocycles. The highest BCUT2D eigenvalue weighted by Gasteiger charge is 2.20. The second kappa shape index (κ2) is 6.35. The van der Waals surface area contributed by atoms with E-state index in [-0.39, 0.29) is 5.78 Å². The summed E-state index contributed by atoms with van der Waals surface area (Å²) in [7, 11) is 0. The van der Waals surface area contributed by atoms with Gasteiger partial charge in [-0.15, -0.1) is 0 Å². The van der Waals surface area contributed by atoms with Gasteiger partial charge < -0.3 is 4.74 Å². The first-order chi connectivity index (χ1) is 9.58. The van der Waals surface area contributed by atoms with Gasteiger partial charge in [-0.05, 0) is 43.3 Å². The van der Waals surface area contributed by atoms with Gasteiger partial charge in [0.05, 0.1) is 5.56 Å². The van der Waals surface area contributed by atoms with Crippen molar-refractivity contribution in [3.8, 4) is 0 Å². The largest absolute Gasteiger partial charge is 0.451 e. The Hall–Kier alpha value is -2.13. The lowest BCUT2D eigenvalue weighted by Crippen LogP contribution is -2.24. The van der Waals surface area contributed by atoms with E-state index in [2.05, 4.69) is 0 Å². The normalized spacial score (nSPS) is 11.7. The maximum absolute atomic E-state index is 12.1. The average molecular weight is 289 g/mol. The van der Waals surface area contributed by atoms with E-state index in [1.54, 1.807) is 61.5 Å². The van der Waals surface area contributed by atoms with Gasteiger partial charge in [0.25, 0.3) is 0 Å². The third-order valence-corrected chi connectivity index (χ3v) is 3.04. The molecule has 0 aliphatic heterocycles. The Kier molecular flexibility index (Phi) is 4.53. The number of ether oxygens (including phenoxy) is 1. The summed E-state index contributed by atoms with van der Waals surface area (Å²) >= 11 is 5.76. The van der Waals surface area contributed by atoms with Crippen molar-refractivity contribution in [1.29, 1.82) is 0 Å². The topological polar surface area (TPSA) is 43.4 Å². The lowest BCUT2D eigenvalue weighted by atomic mass is 10.1. The fourth-order valence-electron chi connectivity index (χ4n) is 1.71. The summed E-state index contributed by atoms with van der Waals surface area (Å²) in [5.74, 6) is -0.772. The molecule has 4 heteroatoms. The van der Waals surface area contributed by atoms with Crippen LogP contribution < -0.4 is 0 Å². The van der Waals surface area contributed by atoms with E-state index in [1.807, 2.05) is 0 Å². The van der Waals surface area contributed by atoms with Gasteiger partial charge in [-0.2, -0.15) is 0 Å². The maximum Gasteiger partial charge on any atom is 0.338 e. The number of hydrogen-bond acceptors (Lipinski definition) is 3. The van der Waals surface area contributed by atoms with Gasteiger partial charge in [-0.3, -0.25) is 4.79 Å². The molecule has 0 N–H and O–H groups in total. The molecule has 20 heavy (non-hydrogen) atoms. The number of Topliss-reactive ketones (excluding diaryl/α,β-unsaturated/α-hetero) is 1. The number of rotatable bonds is 4. The summed E-state index contributed by atoms with van der Waals surface area (Å²) < 4.78 is 5.16. The first-order valence-corrected chi connectivity index (χ1v) is 6.51. The number of carbonyl (C=O) groups is 2. The minimum atomic E-state index is -0.844. The molecule has 0 spiro atoms. The summed E-state index contributed by atoms with van der Waals surface area (Å²) in [5, 5.41) is 0.551. The average Bonchev–Trinajstić information content (AvgIpc) is 2.48. The lowest BCUT2D eigenvalue weighted by molar-refractivity contribution is 0.0319. The molecule has 0 bridgehead atoms. The molecule has 2 aromatic rings. The molecule has 2 rings (SSSR count). The van der Waals surface area contributed by atoms with Crippen LogP contribution in [0.2, 0.25) is 5.02 Å². The van der Waals surface area contributed by atoms with Gasteiger partial charge in [0.15, 0.2) is 6.10 Å². The lowest BCUT2D eigenvalue weighted by Gasteiger charge is -2.12. The Morgan fingerprint density at radius 3 is 2.15 bits per heavy atom. The standard InChI is InChI=1S/C16H13ClO3/c1-11(15(18)12-7-9-14(17)10-8-12)20-16(19)13-5-3-2-4-6-13/h2-11H,1H3/t11-/m0/s1. The van der Waals surface area contributed by atoms with Gasteiger partial charge in [0.1, 0.15) is 0 Å². The van der Waals surface area contributed by atoms with Crippen molar-refractivity contribution >= 4 is 23.4 Å². The zero-order chi connectivity index (χ0) is 14.5. The van der Waals surface area contributed by atoms with Crippen molar-refractivity contribution < 1.29 is 14.3 Å². The molecule has 2 aromatic carbocycles. The molecule has 0 fully saturated rings. The Bertz CT molecular complexity index is 605. The van der Waals surface area contributed by atoms with Crippen LogP contribution in [0.4, 0.5) is 0 Å². The molecule has 0 saturated heterocycles. The minimum Gasteiger partial charge on any atom is -0.451 e. The Morgan fingerprint density at radius 2 is 1.55 bits per heavy atom. The number of carbonyl (C=O) groups excluding carboxylic acids is 2. The van der Waals surface area contributed by atoms with Crippen molar-refractivity contribution in [3.63, 3.8) is 0 Å². The maximum atomic E-state index is 12.1. The van der Waals surface area contributed by atoms with Gasteiger partial charge in [-0.25, -0.2) is 4.79 Å². The second-order valence-corrected chi connectivity index (χ2v) is 4.72. The van der Waals surface area contributed by atoms with Crippen molar-refractivity contribution in [2.24, 2.45) is 0 Å². The van der Waals surface area contributed by atoms with Crippen LogP contribution in [-0.4, -0.2) is 17.9 Å². The Labute approximate surface area is 122 Å². The fourth-order valence-corrected chi connectivity index (χ4v) is 1.83. The monoisotopic (exact) mass is 288 g/mol. The van der Waals surface area contributed by atoms with Crippen molar-refractivity contribution in [3.05, 3.63) is 70.7 Å². The SMILES string of the molecule is C[C@H](OC(=O)c1ccccc1)C(=O)c1ccc(Cl)cc1. The summed E-state index contributed by atoms with van der Waals surface area (Å²) in [5.41, 5.74) is 0.881. The minimum absolute atomic E-state index is 0.258. The van der Waals surface area contributed by atoms with Crippen molar-refractivity contribution in [2.45, 2.75) is 13.0 Å². The third kappa shape index (κ3) is 3.45. The Balaban J connectivity index is 2.05. The summed E-state index contributed by atoms with van der Waals surface area (Å²) in [4.78, 5) is 24.0. The summed E-state index contributed by atoms with van der Waals surface area (Å²) in [6, 6.07) is 15.0. The number of hydrogen-bond donors (Lipinski definition) is 0. The predicted octanol–water partition coefficient (Wildman–Crippen LogP) is 3.77. The third-order valence-electron chi connectivity index (χ3n) is 2.79. The van der Waals surface area contributed by atoms with Crippen LogP contribution in [0.25, 0.3) is 0 Å². The highest BCUT2D eigenvalue weighted by Crippen LogP contribution is 2.13. The van der Waals surface area contributed by atoms with Crippen LogP contribution in [0.1, 0.15) is 27.6 Å². The number of halogens is 1. The molecule has 0 radical (unpaired) electrons. The highest BCUT2D eigenvalue weighted by atomic mass is 35.5. The van der Waals surface area contributed by atoms with Gasteiger partial charge >= 0.3 is 5.97 Å². The summed E-state index contributed by atoms with van der Waals surface area (Å²) in [6.45, 7) is 1.55.